The van der Waals surface area contributed by atoms with Crippen LogP contribution in [0.2, 0.25) is 0 Å². The third-order valence-electron chi connectivity index (χ3n) is 5.50. The molecule has 3 N–H and O–H groups in total. The van der Waals surface area contributed by atoms with Crippen LogP contribution in [0.25, 0.3) is 0 Å². The highest BCUT2D eigenvalue weighted by Gasteiger charge is 2.35. The smallest absolute Gasteiger partial charge is 0.365 e. The topological polar surface area (TPSA) is 116 Å². The van der Waals surface area contributed by atoms with Gasteiger partial charge < -0.3 is 16.0 Å². The summed E-state index contributed by atoms with van der Waals surface area (Å²) in [6, 6.07) is 11.7. The van der Waals surface area contributed by atoms with Crippen LogP contribution >= 0.6 is 0 Å². The molecule has 4 rings (SSSR count). The van der Waals surface area contributed by atoms with Gasteiger partial charge in [0.1, 0.15) is 11.4 Å². The van der Waals surface area contributed by atoms with E-state index >= 15 is 0 Å². The van der Waals surface area contributed by atoms with Gasteiger partial charge in [0.2, 0.25) is 21.9 Å². The summed E-state index contributed by atoms with van der Waals surface area (Å²) in [7, 11) is -3.60. The number of alkyl halides is 3. The Labute approximate surface area is 205 Å². The summed E-state index contributed by atoms with van der Waals surface area (Å²) >= 11 is 0. The van der Waals surface area contributed by atoms with Gasteiger partial charge in [-0.2, -0.15) is 18.2 Å². The minimum atomic E-state index is -4.73. The summed E-state index contributed by atoms with van der Waals surface area (Å²) in [4.78, 5) is 19.6. The van der Waals surface area contributed by atoms with E-state index in [0.29, 0.717) is 28.8 Å². The Hall–Kier alpha value is -3.87. The van der Waals surface area contributed by atoms with Gasteiger partial charge in [0.15, 0.2) is 0 Å². The second-order valence-corrected chi connectivity index (χ2v) is 9.96. The molecule has 0 aliphatic carbocycles. The molecule has 3 aromatic rings. The lowest BCUT2D eigenvalue weighted by Gasteiger charge is -2.24. The van der Waals surface area contributed by atoms with E-state index in [1.807, 2.05) is 0 Å². The molecule has 1 aromatic heterocycles. The van der Waals surface area contributed by atoms with Crippen LogP contribution in [0.3, 0.4) is 0 Å². The zero-order valence-corrected chi connectivity index (χ0v) is 20.2. The van der Waals surface area contributed by atoms with Crippen LogP contribution in [0.5, 0.6) is 0 Å². The molecule has 0 fully saturated rings. The highest BCUT2D eigenvalue weighted by molar-refractivity contribution is 7.92. The highest BCUT2D eigenvalue weighted by Crippen LogP contribution is 2.36. The number of hydrogen-bond acceptors (Lipinski definition) is 7. The van der Waals surface area contributed by atoms with Crippen molar-refractivity contribution in [3.8, 4) is 0 Å². The molecule has 1 amide bonds. The minimum absolute atomic E-state index is 0.111. The van der Waals surface area contributed by atoms with Gasteiger partial charge in [-0.25, -0.2) is 13.4 Å². The fraction of sp³-hybridized carbons (Fsp3) is 0.261. The second-order valence-electron chi connectivity index (χ2n) is 8.05. The summed E-state index contributed by atoms with van der Waals surface area (Å²) in [5.41, 5.74) is 1.46. The van der Waals surface area contributed by atoms with E-state index in [1.165, 1.54) is 4.31 Å². The van der Waals surface area contributed by atoms with Gasteiger partial charge in [0.25, 0.3) is 0 Å². The van der Waals surface area contributed by atoms with Crippen molar-refractivity contribution in [3.63, 3.8) is 0 Å². The molecule has 190 valence electrons. The Kier molecular flexibility index (Phi) is 6.76. The minimum Gasteiger partial charge on any atom is -0.365 e. The Bertz CT molecular complexity index is 1410. The number of carbonyl (C=O) groups is 1. The number of hydrogen-bond donors (Lipinski definition) is 3. The van der Waals surface area contributed by atoms with Crippen molar-refractivity contribution in [2.24, 2.45) is 0 Å². The molecule has 0 spiro atoms. The highest BCUT2D eigenvalue weighted by atomic mass is 32.2. The number of benzene rings is 2. The molecule has 1 aliphatic heterocycles. The lowest BCUT2D eigenvalue weighted by Crippen LogP contribution is -2.30. The molecule has 0 unspecified atom stereocenters. The molecule has 0 bridgehead atoms. The van der Waals surface area contributed by atoms with Gasteiger partial charge in [0.05, 0.1) is 29.7 Å². The van der Waals surface area contributed by atoms with Crippen LogP contribution in [0.4, 0.5) is 42.0 Å². The number of carbonyl (C=O) groups excluding carboxylic acids is 1. The van der Waals surface area contributed by atoms with Crippen LogP contribution in [-0.4, -0.2) is 37.1 Å². The van der Waals surface area contributed by atoms with E-state index in [1.54, 1.807) is 49.4 Å². The van der Waals surface area contributed by atoms with Crippen LogP contribution in [0.15, 0.2) is 48.7 Å². The largest absolute Gasteiger partial charge is 0.421 e. The maximum Gasteiger partial charge on any atom is 0.421 e. The summed E-state index contributed by atoms with van der Waals surface area (Å²) in [5.74, 6) is -0.780. The third-order valence-corrected chi connectivity index (χ3v) is 6.76. The Morgan fingerprint density at radius 3 is 2.58 bits per heavy atom. The fourth-order valence-corrected chi connectivity index (χ4v) is 4.93. The van der Waals surface area contributed by atoms with Crippen LogP contribution in [0, 0.1) is 0 Å². The maximum absolute atomic E-state index is 13.7. The zero-order chi connectivity index (χ0) is 26.1. The molecule has 0 radical (unpaired) electrons. The molecule has 0 atom stereocenters. The van der Waals surface area contributed by atoms with Crippen LogP contribution < -0.4 is 20.3 Å². The number of sulfonamides is 1. The van der Waals surface area contributed by atoms with E-state index in [9.17, 15) is 26.4 Å². The first-order chi connectivity index (χ1) is 17.0. The fourth-order valence-electron chi connectivity index (χ4n) is 3.93. The van der Waals surface area contributed by atoms with Crippen molar-refractivity contribution in [2.45, 2.75) is 26.1 Å². The number of nitrogens with zero attached hydrogens (tertiary/aromatic N) is 3. The molecule has 2 heterocycles. The predicted molar refractivity (Wildman–Crippen MR) is 131 cm³/mol. The first-order valence-corrected chi connectivity index (χ1v) is 12.7. The van der Waals surface area contributed by atoms with E-state index in [-0.39, 0.29) is 31.4 Å². The average molecular weight is 521 g/mol. The molecule has 9 nitrogen and oxygen atoms in total. The summed E-state index contributed by atoms with van der Waals surface area (Å²) in [6.07, 6.45) is -2.80. The number of nitrogens with one attached hydrogen (secondary N) is 3. The monoisotopic (exact) mass is 520 g/mol. The van der Waals surface area contributed by atoms with Gasteiger partial charge in [-0.05, 0) is 30.2 Å². The summed E-state index contributed by atoms with van der Waals surface area (Å²) in [6.45, 7) is 1.69. The number of aromatic nitrogens is 2. The molecule has 0 saturated heterocycles. The summed E-state index contributed by atoms with van der Waals surface area (Å²) < 4.78 is 66.7. The second kappa shape index (κ2) is 9.64. The number of anilines is 5. The van der Waals surface area contributed by atoms with Crippen LogP contribution in [-0.2, 0) is 34.0 Å². The SMILES string of the molecule is CCN(c1ccccc1CNc1nc(Nc2cccc3c2NC(=O)C3)ncc1C(F)(F)F)S(C)(=O)=O. The maximum atomic E-state index is 13.7. The first-order valence-electron chi connectivity index (χ1n) is 10.9. The van der Waals surface area contributed by atoms with Gasteiger partial charge in [-0.1, -0.05) is 30.3 Å². The lowest BCUT2D eigenvalue weighted by molar-refractivity contribution is -0.137. The predicted octanol–water partition coefficient (Wildman–Crippen LogP) is 4.13. The number of fused-ring (bicyclic) bond motifs is 1. The normalized spacial score (nSPS) is 13.2. The van der Waals surface area contributed by atoms with Crippen molar-refractivity contribution in [2.75, 3.05) is 33.1 Å². The van der Waals surface area contributed by atoms with E-state index in [0.717, 1.165) is 11.8 Å². The van der Waals surface area contributed by atoms with E-state index in [2.05, 4.69) is 25.9 Å². The molecular weight excluding hydrogens is 497 g/mol. The van der Waals surface area contributed by atoms with Crippen LogP contribution in [0.1, 0.15) is 23.6 Å². The third kappa shape index (κ3) is 5.35. The number of amides is 1. The molecule has 0 saturated carbocycles. The van der Waals surface area contributed by atoms with Gasteiger partial charge in [-0.3, -0.25) is 9.10 Å². The van der Waals surface area contributed by atoms with Gasteiger partial charge in [-0.15, -0.1) is 0 Å². The zero-order valence-electron chi connectivity index (χ0n) is 19.3. The quantitative estimate of drug-likeness (QED) is 0.409. The van der Waals surface area contributed by atoms with Crippen molar-refractivity contribution in [3.05, 3.63) is 65.4 Å². The van der Waals surface area contributed by atoms with E-state index < -0.39 is 27.6 Å². The van der Waals surface area contributed by atoms with Gasteiger partial charge >= 0.3 is 6.18 Å². The Morgan fingerprint density at radius 1 is 1.14 bits per heavy atom. The summed E-state index contributed by atoms with van der Waals surface area (Å²) in [5, 5.41) is 8.27. The lowest BCUT2D eigenvalue weighted by atomic mass is 10.1. The average Bonchev–Trinajstić information content (AvgIpc) is 3.18. The van der Waals surface area contributed by atoms with Crippen molar-refractivity contribution >= 4 is 44.8 Å². The first kappa shape index (κ1) is 25.2. The Morgan fingerprint density at radius 2 is 1.89 bits per heavy atom. The molecule has 13 heteroatoms. The molecular formula is C23H23F3N6O3S. The Balaban J connectivity index is 1.65. The van der Waals surface area contributed by atoms with E-state index in [4.69, 9.17) is 0 Å². The molecule has 2 aromatic carbocycles. The van der Waals surface area contributed by atoms with Crippen molar-refractivity contribution in [1.29, 1.82) is 0 Å². The van der Waals surface area contributed by atoms with Gasteiger partial charge in [0, 0.05) is 19.3 Å². The van der Waals surface area contributed by atoms with Crippen molar-refractivity contribution < 1.29 is 26.4 Å². The number of halogens is 3. The van der Waals surface area contributed by atoms with Crippen molar-refractivity contribution in [1.82, 2.24) is 9.97 Å². The standard InChI is InChI=1S/C23H23F3N6O3S/c1-3-32(36(2,34)35)18-10-5-4-7-15(18)12-27-21-16(23(24,25)26)13-28-22(31-21)29-17-9-6-8-14-11-19(33)30-20(14)17/h4-10,13H,3,11-12H2,1-2H3,(H,30,33)(H2,27,28,29,31). The number of para-hydroxylation sites is 2. The number of rotatable bonds is 8. The molecule has 36 heavy (non-hydrogen) atoms. The molecule has 1 aliphatic rings.